The van der Waals surface area contributed by atoms with Crippen LogP contribution in [0.5, 0.6) is 0 Å². The number of anilines is 1. The number of aryl methyl sites for hydroxylation is 1. The second-order valence-electron chi connectivity index (χ2n) is 7.74. The number of nitrogens with one attached hydrogen (secondary N) is 2. The van der Waals surface area contributed by atoms with Gasteiger partial charge in [0.2, 0.25) is 0 Å². The van der Waals surface area contributed by atoms with Crippen molar-refractivity contribution in [1.29, 1.82) is 0 Å². The standard InChI is InChI=1S/C23H21N3O3S/c27-21-20(22(28)25-19-6-2-4-14-3-1-5-17(14)19)18-7-9-26(12-16(18)11-24-21)23(29)15-8-10-30-13-15/h2,4,6,8,10-11,13H,1,3,5,7,9,12H2,(H,24,27)(H,25,28). The number of rotatable bonds is 3. The Balaban J connectivity index is 1.43. The molecular formula is C23H21N3O3S. The van der Waals surface area contributed by atoms with Gasteiger partial charge in [-0.05, 0) is 65.4 Å². The molecule has 1 aliphatic heterocycles. The summed E-state index contributed by atoms with van der Waals surface area (Å²) in [4.78, 5) is 42.8. The lowest BCUT2D eigenvalue weighted by molar-refractivity contribution is 0.0735. The summed E-state index contributed by atoms with van der Waals surface area (Å²) in [6, 6.07) is 7.74. The Labute approximate surface area is 177 Å². The molecule has 30 heavy (non-hydrogen) atoms. The molecule has 152 valence electrons. The Bertz CT molecular complexity index is 1200. The van der Waals surface area contributed by atoms with Gasteiger partial charge in [0.05, 0.1) is 5.56 Å². The van der Waals surface area contributed by atoms with Gasteiger partial charge in [0.15, 0.2) is 0 Å². The zero-order valence-electron chi connectivity index (χ0n) is 16.4. The molecule has 3 aromatic rings. The first-order valence-electron chi connectivity index (χ1n) is 10.1. The van der Waals surface area contributed by atoms with Crippen LogP contribution in [0, 0.1) is 0 Å². The molecule has 0 radical (unpaired) electrons. The molecule has 7 heteroatoms. The molecule has 0 unspecified atom stereocenters. The van der Waals surface area contributed by atoms with Gasteiger partial charge in [-0.2, -0.15) is 11.3 Å². The van der Waals surface area contributed by atoms with Gasteiger partial charge in [-0.3, -0.25) is 14.4 Å². The highest BCUT2D eigenvalue weighted by molar-refractivity contribution is 7.08. The second kappa shape index (κ2) is 7.57. The molecule has 0 fully saturated rings. The van der Waals surface area contributed by atoms with E-state index in [1.54, 1.807) is 11.1 Å². The number of fused-ring (bicyclic) bond motifs is 2. The number of carbonyl (C=O) groups excluding carboxylic acids is 2. The van der Waals surface area contributed by atoms with E-state index in [1.807, 2.05) is 29.0 Å². The van der Waals surface area contributed by atoms with Crippen LogP contribution >= 0.6 is 11.3 Å². The van der Waals surface area contributed by atoms with Crippen molar-refractivity contribution in [2.24, 2.45) is 0 Å². The zero-order chi connectivity index (χ0) is 20.7. The van der Waals surface area contributed by atoms with E-state index in [9.17, 15) is 14.4 Å². The molecule has 0 spiro atoms. The molecule has 2 amide bonds. The number of aromatic amines is 1. The van der Waals surface area contributed by atoms with Gasteiger partial charge >= 0.3 is 0 Å². The van der Waals surface area contributed by atoms with Crippen molar-refractivity contribution in [2.45, 2.75) is 32.2 Å². The highest BCUT2D eigenvalue weighted by Gasteiger charge is 2.28. The molecule has 5 rings (SSSR count). The number of hydrogen-bond donors (Lipinski definition) is 2. The highest BCUT2D eigenvalue weighted by Crippen LogP contribution is 2.29. The van der Waals surface area contributed by atoms with Gasteiger partial charge in [0.25, 0.3) is 17.4 Å². The first-order chi connectivity index (χ1) is 14.6. The maximum absolute atomic E-state index is 13.1. The molecule has 0 atom stereocenters. The normalized spacial score (nSPS) is 14.9. The van der Waals surface area contributed by atoms with Crippen molar-refractivity contribution >= 4 is 28.8 Å². The van der Waals surface area contributed by atoms with Crippen LogP contribution in [-0.4, -0.2) is 28.2 Å². The fraction of sp³-hybridized carbons (Fsp3) is 0.261. The van der Waals surface area contributed by atoms with Gasteiger partial charge in [-0.25, -0.2) is 0 Å². The minimum absolute atomic E-state index is 0.0288. The molecule has 0 saturated carbocycles. The first-order valence-corrected chi connectivity index (χ1v) is 11.0. The predicted octanol–water partition coefficient (Wildman–Crippen LogP) is 3.38. The molecule has 2 aliphatic rings. The van der Waals surface area contributed by atoms with E-state index in [0.29, 0.717) is 25.1 Å². The molecule has 6 nitrogen and oxygen atoms in total. The van der Waals surface area contributed by atoms with Crippen LogP contribution in [0.25, 0.3) is 0 Å². The van der Waals surface area contributed by atoms with Crippen molar-refractivity contribution in [2.75, 3.05) is 11.9 Å². The average Bonchev–Trinajstić information content (AvgIpc) is 3.45. The number of H-pyrrole nitrogens is 1. The number of thiophene rings is 1. The van der Waals surface area contributed by atoms with Crippen LogP contribution in [0.3, 0.4) is 0 Å². The van der Waals surface area contributed by atoms with Gasteiger partial charge in [0.1, 0.15) is 5.56 Å². The zero-order valence-corrected chi connectivity index (χ0v) is 17.2. The third-order valence-corrected chi connectivity index (χ3v) is 6.65. The highest BCUT2D eigenvalue weighted by atomic mass is 32.1. The Morgan fingerprint density at radius 2 is 1.97 bits per heavy atom. The summed E-state index contributed by atoms with van der Waals surface area (Å²) in [5, 5.41) is 6.68. The molecule has 2 aromatic heterocycles. The maximum atomic E-state index is 13.1. The van der Waals surface area contributed by atoms with Crippen LogP contribution in [0.1, 0.15) is 49.4 Å². The van der Waals surface area contributed by atoms with Gasteiger partial charge in [-0.1, -0.05) is 12.1 Å². The summed E-state index contributed by atoms with van der Waals surface area (Å²) in [7, 11) is 0. The Kier molecular flexibility index (Phi) is 4.75. The number of benzene rings is 1. The van der Waals surface area contributed by atoms with Crippen molar-refractivity contribution in [3.63, 3.8) is 0 Å². The number of aromatic nitrogens is 1. The molecule has 1 aliphatic carbocycles. The summed E-state index contributed by atoms with van der Waals surface area (Å²) in [5.41, 5.74) is 5.20. The van der Waals surface area contributed by atoms with Crippen LogP contribution in [0.2, 0.25) is 0 Å². The molecule has 1 aromatic carbocycles. The molecule has 0 bridgehead atoms. The summed E-state index contributed by atoms with van der Waals surface area (Å²) in [5.74, 6) is -0.412. The van der Waals surface area contributed by atoms with Gasteiger partial charge < -0.3 is 15.2 Å². The van der Waals surface area contributed by atoms with Gasteiger partial charge in [-0.15, -0.1) is 0 Å². The number of amides is 2. The first kappa shape index (κ1) is 18.8. The lowest BCUT2D eigenvalue weighted by Crippen LogP contribution is -2.38. The molecule has 3 heterocycles. The minimum atomic E-state index is -0.392. The minimum Gasteiger partial charge on any atom is -0.334 e. The van der Waals surface area contributed by atoms with Crippen molar-refractivity contribution < 1.29 is 9.59 Å². The fourth-order valence-electron chi connectivity index (χ4n) is 4.47. The van der Waals surface area contributed by atoms with Crippen molar-refractivity contribution in [3.05, 3.63) is 85.0 Å². The Morgan fingerprint density at radius 3 is 2.80 bits per heavy atom. The van der Waals surface area contributed by atoms with Crippen LogP contribution in [-0.2, 0) is 25.8 Å². The van der Waals surface area contributed by atoms with Gasteiger partial charge in [0, 0.05) is 30.4 Å². The van der Waals surface area contributed by atoms with E-state index in [0.717, 1.165) is 36.1 Å². The quantitative estimate of drug-likeness (QED) is 0.683. The Morgan fingerprint density at radius 1 is 1.07 bits per heavy atom. The topological polar surface area (TPSA) is 82.3 Å². The molecular weight excluding hydrogens is 398 g/mol. The third kappa shape index (κ3) is 3.25. The van der Waals surface area contributed by atoms with E-state index in [1.165, 1.54) is 22.5 Å². The van der Waals surface area contributed by atoms with E-state index in [2.05, 4.69) is 16.4 Å². The molecule has 2 N–H and O–H groups in total. The summed E-state index contributed by atoms with van der Waals surface area (Å²) >= 11 is 1.49. The number of nitrogens with zero attached hydrogens (tertiary/aromatic N) is 1. The third-order valence-electron chi connectivity index (χ3n) is 5.96. The van der Waals surface area contributed by atoms with Crippen LogP contribution in [0.4, 0.5) is 5.69 Å². The smallest absolute Gasteiger partial charge is 0.261 e. The van der Waals surface area contributed by atoms with Crippen molar-refractivity contribution in [3.8, 4) is 0 Å². The SMILES string of the molecule is O=C(Nc1cccc2c1CCC2)c1c2c(c[nH]c1=O)CN(C(=O)c1ccsc1)CC2. The predicted molar refractivity (Wildman–Crippen MR) is 116 cm³/mol. The number of carbonyl (C=O) groups is 2. The van der Waals surface area contributed by atoms with Crippen molar-refractivity contribution in [1.82, 2.24) is 9.88 Å². The summed E-state index contributed by atoms with van der Waals surface area (Å²) < 4.78 is 0. The second-order valence-corrected chi connectivity index (χ2v) is 8.52. The monoisotopic (exact) mass is 419 g/mol. The van der Waals surface area contributed by atoms with Crippen LogP contribution in [0.15, 0.2) is 46.0 Å². The Hall–Kier alpha value is -3.19. The maximum Gasteiger partial charge on any atom is 0.261 e. The van der Waals surface area contributed by atoms with E-state index in [4.69, 9.17) is 0 Å². The summed E-state index contributed by atoms with van der Waals surface area (Å²) in [6.45, 7) is 0.855. The lowest BCUT2D eigenvalue weighted by atomic mass is 9.96. The number of hydrogen-bond acceptors (Lipinski definition) is 4. The summed E-state index contributed by atoms with van der Waals surface area (Å²) in [6.07, 6.45) is 5.15. The van der Waals surface area contributed by atoms with E-state index in [-0.39, 0.29) is 17.4 Å². The van der Waals surface area contributed by atoms with Crippen LogP contribution < -0.4 is 10.9 Å². The lowest BCUT2D eigenvalue weighted by Gasteiger charge is -2.29. The average molecular weight is 420 g/mol. The molecule has 0 saturated heterocycles. The van der Waals surface area contributed by atoms with E-state index < -0.39 is 5.56 Å². The fourth-order valence-corrected chi connectivity index (χ4v) is 5.10. The largest absolute Gasteiger partial charge is 0.334 e. The number of pyridine rings is 1. The van der Waals surface area contributed by atoms with E-state index >= 15 is 0 Å².